The summed E-state index contributed by atoms with van der Waals surface area (Å²) in [4.78, 5) is 11.7. The number of carbonyl (C=O) groups is 1. The standard InChI is InChI=1S/C14H9Cl2FO2/c15-10-6-5-9(12(16)7-10)8-19-14(18)11-3-1-2-4-13(11)17/h1-7H,8H2. The summed E-state index contributed by atoms with van der Waals surface area (Å²) in [5.74, 6) is -1.35. The van der Waals surface area contributed by atoms with E-state index in [0.717, 1.165) is 0 Å². The molecule has 2 aromatic rings. The van der Waals surface area contributed by atoms with Crippen molar-refractivity contribution in [1.82, 2.24) is 0 Å². The molecule has 0 saturated heterocycles. The van der Waals surface area contributed by atoms with Crippen molar-refractivity contribution in [2.45, 2.75) is 6.61 Å². The van der Waals surface area contributed by atoms with Gasteiger partial charge in [-0.3, -0.25) is 0 Å². The van der Waals surface area contributed by atoms with E-state index in [9.17, 15) is 9.18 Å². The molecule has 0 unspecified atom stereocenters. The average Bonchev–Trinajstić information content (AvgIpc) is 2.38. The van der Waals surface area contributed by atoms with Gasteiger partial charge in [0.15, 0.2) is 0 Å². The van der Waals surface area contributed by atoms with E-state index in [1.54, 1.807) is 24.3 Å². The Kier molecular flexibility index (Phi) is 4.40. The molecule has 0 atom stereocenters. The number of rotatable bonds is 3. The highest BCUT2D eigenvalue weighted by molar-refractivity contribution is 6.35. The van der Waals surface area contributed by atoms with Crippen LogP contribution in [0.15, 0.2) is 42.5 Å². The highest BCUT2D eigenvalue weighted by Gasteiger charge is 2.13. The summed E-state index contributed by atoms with van der Waals surface area (Å²) >= 11 is 11.7. The molecule has 2 nitrogen and oxygen atoms in total. The van der Waals surface area contributed by atoms with Crippen LogP contribution in [-0.4, -0.2) is 5.97 Å². The van der Waals surface area contributed by atoms with Crippen LogP contribution in [0.2, 0.25) is 10.0 Å². The molecule has 0 aliphatic carbocycles. The van der Waals surface area contributed by atoms with Crippen LogP contribution in [0.3, 0.4) is 0 Å². The first kappa shape index (κ1) is 13.8. The van der Waals surface area contributed by atoms with Crippen molar-refractivity contribution in [2.24, 2.45) is 0 Å². The lowest BCUT2D eigenvalue weighted by atomic mass is 10.2. The number of halogens is 3. The lowest BCUT2D eigenvalue weighted by molar-refractivity contribution is 0.0467. The maximum absolute atomic E-state index is 13.4. The fraction of sp³-hybridized carbons (Fsp3) is 0.0714. The molecule has 0 heterocycles. The van der Waals surface area contributed by atoms with Crippen molar-refractivity contribution in [1.29, 1.82) is 0 Å². The minimum Gasteiger partial charge on any atom is -0.457 e. The fourth-order valence-electron chi connectivity index (χ4n) is 1.49. The Morgan fingerprint density at radius 3 is 2.58 bits per heavy atom. The second kappa shape index (κ2) is 6.04. The van der Waals surface area contributed by atoms with Gasteiger partial charge in [-0.25, -0.2) is 9.18 Å². The van der Waals surface area contributed by atoms with E-state index in [4.69, 9.17) is 27.9 Å². The molecule has 2 rings (SSSR count). The van der Waals surface area contributed by atoms with Crippen molar-refractivity contribution in [3.05, 3.63) is 69.5 Å². The van der Waals surface area contributed by atoms with Crippen LogP contribution in [0.5, 0.6) is 0 Å². The second-order valence-electron chi connectivity index (χ2n) is 3.79. The minimum atomic E-state index is -0.732. The summed E-state index contributed by atoms with van der Waals surface area (Å²) in [6.07, 6.45) is 0. The smallest absolute Gasteiger partial charge is 0.341 e. The maximum Gasteiger partial charge on any atom is 0.341 e. The van der Waals surface area contributed by atoms with Crippen molar-refractivity contribution in [3.8, 4) is 0 Å². The third-order valence-electron chi connectivity index (χ3n) is 2.47. The summed E-state index contributed by atoms with van der Waals surface area (Å²) in [6, 6.07) is 10.5. The van der Waals surface area contributed by atoms with Crippen molar-refractivity contribution in [3.63, 3.8) is 0 Å². The zero-order valence-corrected chi connectivity index (χ0v) is 11.2. The summed E-state index contributed by atoms with van der Waals surface area (Å²) in [7, 11) is 0. The van der Waals surface area contributed by atoms with E-state index >= 15 is 0 Å². The van der Waals surface area contributed by atoms with E-state index in [2.05, 4.69) is 0 Å². The number of esters is 1. The van der Waals surface area contributed by atoms with Gasteiger partial charge in [-0.15, -0.1) is 0 Å². The number of hydrogen-bond acceptors (Lipinski definition) is 2. The molecule has 0 saturated carbocycles. The van der Waals surface area contributed by atoms with Gasteiger partial charge in [0.1, 0.15) is 12.4 Å². The number of carbonyl (C=O) groups excluding carboxylic acids is 1. The molecule has 0 amide bonds. The molecule has 19 heavy (non-hydrogen) atoms. The average molecular weight is 299 g/mol. The Bertz CT molecular complexity index is 614. The van der Waals surface area contributed by atoms with Crippen LogP contribution < -0.4 is 0 Å². The fourth-order valence-corrected chi connectivity index (χ4v) is 1.95. The quantitative estimate of drug-likeness (QED) is 0.781. The van der Waals surface area contributed by atoms with Crippen LogP contribution in [0.25, 0.3) is 0 Å². The molecule has 0 fully saturated rings. The maximum atomic E-state index is 13.4. The van der Waals surface area contributed by atoms with E-state index < -0.39 is 11.8 Å². The highest BCUT2D eigenvalue weighted by atomic mass is 35.5. The van der Waals surface area contributed by atoms with Gasteiger partial charge in [0.25, 0.3) is 0 Å². The van der Waals surface area contributed by atoms with Crippen LogP contribution in [0.1, 0.15) is 15.9 Å². The topological polar surface area (TPSA) is 26.3 Å². The number of benzene rings is 2. The lowest BCUT2D eigenvalue weighted by Gasteiger charge is -2.07. The first-order valence-corrected chi connectivity index (χ1v) is 6.19. The molecule has 0 radical (unpaired) electrons. The monoisotopic (exact) mass is 298 g/mol. The Hall–Kier alpha value is -1.58. The molecule has 98 valence electrons. The first-order chi connectivity index (χ1) is 9.08. The molecule has 0 N–H and O–H groups in total. The summed E-state index contributed by atoms with van der Waals surface area (Å²) in [5, 5.41) is 0.892. The van der Waals surface area contributed by atoms with Crippen molar-refractivity contribution in [2.75, 3.05) is 0 Å². The first-order valence-electron chi connectivity index (χ1n) is 5.43. The molecular formula is C14H9Cl2FO2. The predicted molar refractivity (Wildman–Crippen MR) is 72.0 cm³/mol. The molecule has 0 aliphatic heterocycles. The van der Waals surface area contributed by atoms with E-state index in [-0.39, 0.29) is 12.2 Å². The predicted octanol–water partition coefficient (Wildman–Crippen LogP) is 4.49. The highest BCUT2D eigenvalue weighted by Crippen LogP contribution is 2.22. The van der Waals surface area contributed by atoms with Gasteiger partial charge in [0.2, 0.25) is 0 Å². The SMILES string of the molecule is O=C(OCc1ccc(Cl)cc1Cl)c1ccccc1F. The molecule has 0 aromatic heterocycles. The third-order valence-corrected chi connectivity index (χ3v) is 3.05. The Balaban J connectivity index is 2.07. The van der Waals surface area contributed by atoms with Gasteiger partial charge in [0.05, 0.1) is 5.56 Å². The van der Waals surface area contributed by atoms with Gasteiger partial charge in [-0.1, -0.05) is 41.4 Å². The van der Waals surface area contributed by atoms with Crippen molar-refractivity contribution >= 4 is 29.2 Å². The van der Waals surface area contributed by atoms with Crippen molar-refractivity contribution < 1.29 is 13.9 Å². The van der Waals surface area contributed by atoms with E-state index in [1.807, 2.05) is 0 Å². The van der Waals surface area contributed by atoms with Gasteiger partial charge < -0.3 is 4.74 Å². The van der Waals surface area contributed by atoms with Gasteiger partial charge in [0, 0.05) is 15.6 Å². The Labute approximate surface area is 119 Å². The molecule has 0 bridgehead atoms. The summed E-state index contributed by atoms with van der Waals surface area (Å²) in [5.41, 5.74) is 0.503. The Morgan fingerprint density at radius 1 is 1.16 bits per heavy atom. The van der Waals surface area contributed by atoms with Crippen LogP contribution in [-0.2, 0) is 11.3 Å². The molecule has 0 aliphatic rings. The second-order valence-corrected chi connectivity index (χ2v) is 4.64. The van der Waals surface area contributed by atoms with Crippen LogP contribution in [0.4, 0.5) is 4.39 Å². The molecule has 5 heteroatoms. The minimum absolute atomic E-state index is 0.0385. The molecule has 2 aromatic carbocycles. The van der Waals surface area contributed by atoms with E-state index in [0.29, 0.717) is 15.6 Å². The zero-order valence-electron chi connectivity index (χ0n) is 9.70. The number of hydrogen-bond donors (Lipinski definition) is 0. The molecular weight excluding hydrogens is 290 g/mol. The third kappa shape index (κ3) is 3.46. The summed E-state index contributed by atoms with van der Waals surface area (Å²) < 4.78 is 18.4. The number of ether oxygens (including phenoxy) is 1. The van der Waals surface area contributed by atoms with Crippen LogP contribution in [0, 0.1) is 5.82 Å². The molecule has 0 spiro atoms. The normalized spacial score (nSPS) is 10.3. The van der Waals surface area contributed by atoms with Gasteiger partial charge in [-0.05, 0) is 24.3 Å². The van der Waals surface area contributed by atoms with E-state index in [1.165, 1.54) is 18.2 Å². The summed E-state index contributed by atoms with van der Waals surface area (Å²) in [6.45, 7) is -0.0385. The lowest BCUT2D eigenvalue weighted by Crippen LogP contribution is -2.07. The Morgan fingerprint density at radius 2 is 1.89 bits per heavy atom. The zero-order chi connectivity index (χ0) is 13.8. The van der Waals surface area contributed by atoms with Gasteiger partial charge >= 0.3 is 5.97 Å². The largest absolute Gasteiger partial charge is 0.457 e. The van der Waals surface area contributed by atoms with Gasteiger partial charge in [-0.2, -0.15) is 0 Å². The van der Waals surface area contributed by atoms with Crippen LogP contribution >= 0.6 is 23.2 Å².